The number of benzene rings is 1. The Labute approximate surface area is 143 Å². The van der Waals surface area contributed by atoms with Gasteiger partial charge < -0.3 is 11.1 Å². The summed E-state index contributed by atoms with van der Waals surface area (Å²) in [6.45, 7) is 6.51. The molecule has 0 heterocycles. The van der Waals surface area contributed by atoms with Gasteiger partial charge in [0.2, 0.25) is 5.91 Å². The van der Waals surface area contributed by atoms with E-state index < -0.39 is 17.2 Å². The molecule has 0 aliphatic carbocycles. The van der Waals surface area contributed by atoms with Gasteiger partial charge >= 0.3 is 0 Å². The number of amides is 1. The number of carbonyl (C=O) groups excluding carboxylic acids is 1. The molecule has 0 bridgehead atoms. The Balaban J connectivity index is 0.00000484. The Morgan fingerprint density at radius 1 is 1.30 bits per heavy atom. The Bertz CT molecular complexity index is 511. The Hall–Kier alpha value is -1.20. The first-order valence-corrected chi connectivity index (χ1v) is 7.71. The summed E-state index contributed by atoms with van der Waals surface area (Å²) >= 11 is 0. The largest absolute Gasteiger partial charge is 0.350 e. The number of nitrogens with two attached hydrogens (primary N) is 1. The highest BCUT2D eigenvalue weighted by Gasteiger charge is 2.25. The third-order valence-corrected chi connectivity index (χ3v) is 3.60. The fourth-order valence-corrected chi connectivity index (χ4v) is 2.63. The Morgan fingerprint density at radius 3 is 2.48 bits per heavy atom. The smallest absolute Gasteiger partial charge is 0.220 e. The van der Waals surface area contributed by atoms with Gasteiger partial charge in [0.1, 0.15) is 0 Å². The molecular formula is C17H27ClF2N2O. The molecule has 6 heteroatoms. The summed E-state index contributed by atoms with van der Waals surface area (Å²) in [6, 6.07) is 3.83. The van der Waals surface area contributed by atoms with Gasteiger partial charge in [-0.1, -0.05) is 19.9 Å². The zero-order valence-corrected chi connectivity index (χ0v) is 14.8. The van der Waals surface area contributed by atoms with Crippen molar-refractivity contribution in [3.63, 3.8) is 0 Å². The van der Waals surface area contributed by atoms with Gasteiger partial charge in [0.25, 0.3) is 0 Å². The van der Waals surface area contributed by atoms with Crippen LogP contribution >= 0.6 is 12.4 Å². The van der Waals surface area contributed by atoms with E-state index in [-0.39, 0.29) is 18.3 Å². The molecule has 0 radical (unpaired) electrons. The van der Waals surface area contributed by atoms with Crippen LogP contribution in [0.5, 0.6) is 0 Å². The zero-order chi connectivity index (χ0) is 16.8. The van der Waals surface area contributed by atoms with Gasteiger partial charge in [-0.15, -0.1) is 12.4 Å². The summed E-state index contributed by atoms with van der Waals surface area (Å²) in [5.41, 5.74) is 6.06. The molecule has 3 nitrogen and oxygen atoms in total. The van der Waals surface area contributed by atoms with Crippen LogP contribution in [0.2, 0.25) is 0 Å². The monoisotopic (exact) mass is 348 g/mol. The summed E-state index contributed by atoms with van der Waals surface area (Å²) in [6.07, 6.45) is 2.28. The van der Waals surface area contributed by atoms with Gasteiger partial charge in [-0.05, 0) is 49.8 Å². The Morgan fingerprint density at radius 2 is 1.96 bits per heavy atom. The number of carbonyl (C=O) groups is 1. The van der Waals surface area contributed by atoms with Gasteiger partial charge in [-0.3, -0.25) is 4.79 Å². The maximum absolute atomic E-state index is 13.1. The predicted molar refractivity (Wildman–Crippen MR) is 91.6 cm³/mol. The molecule has 0 spiro atoms. The molecule has 3 N–H and O–H groups in total. The van der Waals surface area contributed by atoms with Crippen molar-refractivity contribution >= 4 is 18.3 Å². The molecule has 1 rings (SSSR count). The first-order valence-electron chi connectivity index (χ1n) is 7.71. The first-order chi connectivity index (χ1) is 10.3. The van der Waals surface area contributed by atoms with E-state index in [1.807, 2.05) is 6.92 Å². The number of halogens is 3. The third-order valence-electron chi connectivity index (χ3n) is 3.60. The summed E-state index contributed by atoms with van der Waals surface area (Å²) in [5.74, 6) is -1.32. The van der Waals surface area contributed by atoms with Gasteiger partial charge in [0, 0.05) is 18.5 Å². The van der Waals surface area contributed by atoms with Crippen LogP contribution in [-0.2, 0) is 11.2 Å². The van der Waals surface area contributed by atoms with Crippen molar-refractivity contribution in [1.29, 1.82) is 0 Å². The normalized spacial score (nSPS) is 13.3. The van der Waals surface area contributed by atoms with Crippen molar-refractivity contribution < 1.29 is 13.6 Å². The fourth-order valence-electron chi connectivity index (χ4n) is 2.63. The van der Waals surface area contributed by atoms with Gasteiger partial charge in [-0.2, -0.15) is 0 Å². The molecule has 0 saturated carbocycles. The van der Waals surface area contributed by atoms with Crippen molar-refractivity contribution in [3.8, 4) is 0 Å². The van der Waals surface area contributed by atoms with Crippen LogP contribution < -0.4 is 11.1 Å². The van der Waals surface area contributed by atoms with Crippen molar-refractivity contribution in [1.82, 2.24) is 5.32 Å². The number of hydrogen-bond acceptors (Lipinski definition) is 2. The lowest BCUT2D eigenvalue weighted by atomic mass is 9.90. The molecular weight excluding hydrogens is 322 g/mol. The highest BCUT2D eigenvalue weighted by atomic mass is 35.5. The molecule has 1 atom stereocenters. The average molecular weight is 349 g/mol. The molecule has 0 fully saturated rings. The molecule has 1 amide bonds. The topological polar surface area (TPSA) is 55.1 Å². The molecule has 1 unspecified atom stereocenters. The molecule has 0 aromatic heterocycles. The second-order valence-electron chi connectivity index (χ2n) is 6.51. The molecule has 23 heavy (non-hydrogen) atoms. The zero-order valence-electron chi connectivity index (χ0n) is 14.0. The van der Waals surface area contributed by atoms with E-state index in [0.717, 1.165) is 12.5 Å². The van der Waals surface area contributed by atoms with E-state index in [1.54, 1.807) is 6.07 Å². The van der Waals surface area contributed by atoms with E-state index in [9.17, 15) is 13.6 Å². The average Bonchev–Trinajstić information content (AvgIpc) is 2.41. The van der Waals surface area contributed by atoms with Crippen LogP contribution in [0.4, 0.5) is 8.78 Å². The molecule has 0 aliphatic rings. The summed E-state index contributed by atoms with van der Waals surface area (Å²) < 4.78 is 25.9. The van der Waals surface area contributed by atoms with Crippen molar-refractivity contribution in [2.75, 3.05) is 6.54 Å². The second-order valence-corrected chi connectivity index (χ2v) is 6.51. The minimum atomic E-state index is -0.853. The van der Waals surface area contributed by atoms with Gasteiger partial charge in [0.15, 0.2) is 11.6 Å². The van der Waals surface area contributed by atoms with Gasteiger partial charge in [0.05, 0.1) is 0 Å². The maximum atomic E-state index is 13.1. The standard InChI is InChI=1S/C17H26F2N2O.ClH/c1-12(2)10-17(3,11-20)21-16(22)6-4-5-13-7-8-14(18)15(19)9-13;/h7-9,12H,4-6,10-11,20H2,1-3H3,(H,21,22);1H. The van der Waals surface area contributed by atoms with Crippen LogP contribution in [0.15, 0.2) is 18.2 Å². The van der Waals surface area contributed by atoms with Gasteiger partial charge in [-0.25, -0.2) is 8.78 Å². The van der Waals surface area contributed by atoms with E-state index in [0.29, 0.717) is 37.3 Å². The van der Waals surface area contributed by atoms with E-state index in [2.05, 4.69) is 19.2 Å². The number of nitrogens with one attached hydrogen (secondary N) is 1. The van der Waals surface area contributed by atoms with Crippen LogP contribution in [0, 0.1) is 17.6 Å². The minimum Gasteiger partial charge on any atom is -0.350 e. The van der Waals surface area contributed by atoms with Crippen LogP contribution in [0.25, 0.3) is 0 Å². The van der Waals surface area contributed by atoms with E-state index in [4.69, 9.17) is 5.73 Å². The quantitative estimate of drug-likeness (QED) is 0.754. The van der Waals surface area contributed by atoms with Crippen LogP contribution in [-0.4, -0.2) is 18.0 Å². The van der Waals surface area contributed by atoms with Crippen molar-refractivity contribution in [3.05, 3.63) is 35.4 Å². The summed E-state index contributed by atoms with van der Waals surface area (Å²) in [5, 5.41) is 2.98. The highest BCUT2D eigenvalue weighted by Crippen LogP contribution is 2.16. The molecule has 1 aromatic rings. The Kier molecular flexibility index (Phi) is 9.32. The number of hydrogen-bond donors (Lipinski definition) is 2. The molecule has 132 valence electrons. The van der Waals surface area contributed by atoms with E-state index in [1.165, 1.54) is 6.07 Å². The number of aryl methyl sites for hydroxylation is 1. The fraction of sp³-hybridized carbons (Fsp3) is 0.588. The molecule has 0 aliphatic heterocycles. The third kappa shape index (κ3) is 7.75. The maximum Gasteiger partial charge on any atom is 0.220 e. The van der Waals surface area contributed by atoms with E-state index >= 15 is 0 Å². The minimum absolute atomic E-state index is 0. The SMILES string of the molecule is CC(C)CC(C)(CN)NC(=O)CCCc1ccc(F)c(F)c1.Cl. The molecule has 1 aromatic carbocycles. The summed E-state index contributed by atoms with van der Waals surface area (Å²) in [4.78, 5) is 12.0. The lowest BCUT2D eigenvalue weighted by Gasteiger charge is -2.31. The number of rotatable bonds is 8. The second kappa shape index (κ2) is 9.83. The molecule has 0 saturated heterocycles. The van der Waals surface area contributed by atoms with Crippen LogP contribution in [0.1, 0.15) is 45.6 Å². The first kappa shape index (κ1) is 21.8. The predicted octanol–water partition coefficient (Wildman–Crippen LogP) is 3.59. The van der Waals surface area contributed by atoms with Crippen molar-refractivity contribution in [2.24, 2.45) is 11.7 Å². The van der Waals surface area contributed by atoms with Crippen LogP contribution in [0.3, 0.4) is 0 Å². The lowest BCUT2D eigenvalue weighted by Crippen LogP contribution is -2.52. The van der Waals surface area contributed by atoms with Crippen molar-refractivity contribution in [2.45, 2.75) is 52.0 Å². The lowest BCUT2D eigenvalue weighted by molar-refractivity contribution is -0.123. The summed E-state index contributed by atoms with van der Waals surface area (Å²) in [7, 11) is 0. The highest BCUT2D eigenvalue weighted by molar-refractivity contribution is 5.85.